The molecule has 0 aromatic carbocycles. The summed E-state index contributed by atoms with van der Waals surface area (Å²) in [5.41, 5.74) is 1.97. The molecule has 0 aliphatic carbocycles. The van der Waals surface area contributed by atoms with Crippen molar-refractivity contribution in [2.75, 3.05) is 13.1 Å². The SMILES string of the molecule is Cc1cnccc1-c1noc(COC2CCNCC2)n1. The van der Waals surface area contributed by atoms with Crippen molar-refractivity contribution in [1.82, 2.24) is 20.4 Å². The second-order valence-corrected chi connectivity index (χ2v) is 4.96. The van der Waals surface area contributed by atoms with E-state index in [-0.39, 0.29) is 6.10 Å². The largest absolute Gasteiger partial charge is 0.368 e. The van der Waals surface area contributed by atoms with Crippen LogP contribution in [0.2, 0.25) is 0 Å². The molecule has 1 saturated heterocycles. The summed E-state index contributed by atoms with van der Waals surface area (Å²) in [6.07, 6.45) is 5.87. The number of aryl methyl sites for hydroxylation is 1. The van der Waals surface area contributed by atoms with Gasteiger partial charge in [0.2, 0.25) is 5.82 Å². The van der Waals surface area contributed by atoms with Gasteiger partial charge in [-0.25, -0.2) is 0 Å². The lowest BCUT2D eigenvalue weighted by Gasteiger charge is -2.21. The maximum absolute atomic E-state index is 5.80. The van der Waals surface area contributed by atoms with Gasteiger partial charge < -0.3 is 14.6 Å². The molecule has 2 aromatic rings. The van der Waals surface area contributed by atoms with Crippen molar-refractivity contribution >= 4 is 0 Å². The summed E-state index contributed by atoms with van der Waals surface area (Å²) in [7, 11) is 0. The Morgan fingerprint density at radius 1 is 1.40 bits per heavy atom. The van der Waals surface area contributed by atoms with E-state index in [0.717, 1.165) is 37.1 Å². The van der Waals surface area contributed by atoms with Crippen LogP contribution in [0.1, 0.15) is 24.3 Å². The van der Waals surface area contributed by atoms with E-state index in [1.54, 1.807) is 12.4 Å². The first-order valence-electron chi connectivity index (χ1n) is 6.89. The molecule has 0 radical (unpaired) electrons. The molecule has 0 atom stereocenters. The molecular weight excluding hydrogens is 256 g/mol. The second kappa shape index (κ2) is 6.11. The molecule has 3 rings (SSSR count). The van der Waals surface area contributed by atoms with Gasteiger partial charge in [-0.15, -0.1) is 0 Å². The molecule has 0 bridgehead atoms. The molecular formula is C14H18N4O2. The highest BCUT2D eigenvalue weighted by Crippen LogP contribution is 2.19. The van der Waals surface area contributed by atoms with Gasteiger partial charge in [0.15, 0.2) is 0 Å². The van der Waals surface area contributed by atoms with Crippen LogP contribution >= 0.6 is 0 Å². The van der Waals surface area contributed by atoms with E-state index >= 15 is 0 Å². The summed E-state index contributed by atoms with van der Waals surface area (Å²) < 4.78 is 11.0. The van der Waals surface area contributed by atoms with Gasteiger partial charge in [0.1, 0.15) is 6.61 Å². The lowest BCUT2D eigenvalue weighted by Crippen LogP contribution is -2.32. The third kappa shape index (κ3) is 3.02. The fourth-order valence-corrected chi connectivity index (χ4v) is 2.30. The second-order valence-electron chi connectivity index (χ2n) is 4.96. The molecule has 1 aliphatic rings. The number of hydrogen-bond acceptors (Lipinski definition) is 6. The molecule has 20 heavy (non-hydrogen) atoms. The van der Waals surface area contributed by atoms with Gasteiger partial charge in [0.25, 0.3) is 5.89 Å². The first-order chi connectivity index (χ1) is 9.83. The van der Waals surface area contributed by atoms with Crippen molar-refractivity contribution in [3.05, 3.63) is 29.9 Å². The number of pyridine rings is 1. The number of piperidine rings is 1. The van der Waals surface area contributed by atoms with Gasteiger partial charge in [-0.05, 0) is 44.5 Å². The van der Waals surface area contributed by atoms with Crippen LogP contribution < -0.4 is 5.32 Å². The molecule has 1 N–H and O–H groups in total. The van der Waals surface area contributed by atoms with Gasteiger partial charge in [0.05, 0.1) is 6.10 Å². The van der Waals surface area contributed by atoms with Crippen molar-refractivity contribution in [3.8, 4) is 11.4 Å². The van der Waals surface area contributed by atoms with Gasteiger partial charge in [-0.3, -0.25) is 4.98 Å². The molecule has 106 valence electrons. The maximum Gasteiger partial charge on any atom is 0.252 e. The predicted octanol–water partition coefficient (Wildman–Crippen LogP) is 1.71. The first kappa shape index (κ1) is 13.2. The summed E-state index contributed by atoms with van der Waals surface area (Å²) in [4.78, 5) is 8.44. The summed E-state index contributed by atoms with van der Waals surface area (Å²) in [6, 6.07) is 1.89. The van der Waals surface area contributed by atoms with E-state index in [1.165, 1.54) is 0 Å². The lowest BCUT2D eigenvalue weighted by atomic mass is 10.1. The van der Waals surface area contributed by atoms with E-state index < -0.39 is 0 Å². The van der Waals surface area contributed by atoms with E-state index in [0.29, 0.717) is 18.3 Å². The van der Waals surface area contributed by atoms with Crippen LogP contribution in [0, 0.1) is 6.92 Å². The number of rotatable bonds is 4. The van der Waals surface area contributed by atoms with Crippen molar-refractivity contribution in [2.45, 2.75) is 32.5 Å². The van der Waals surface area contributed by atoms with Crippen molar-refractivity contribution < 1.29 is 9.26 Å². The van der Waals surface area contributed by atoms with Crippen LogP contribution in [0.5, 0.6) is 0 Å². The van der Waals surface area contributed by atoms with Crippen LogP contribution in [0.25, 0.3) is 11.4 Å². The molecule has 0 saturated carbocycles. The number of nitrogens with zero attached hydrogens (tertiary/aromatic N) is 3. The Labute approximate surface area is 117 Å². The Balaban J connectivity index is 1.63. The normalized spacial score (nSPS) is 16.4. The standard InChI is InChI=1S/C14H18N4O2/c1-10-8-16-7-4-12(10)14-17-13(20-18-14)9-19-11-2-5-15-6-3-11/h4,7-8,11,15H,2-3,5-6,9H2,1H3. The number of hydrogen-bond donors (Lipinski definition) is 1. The summed E-state index contributed by atoms with van der Waals surface area (Å²) in [5, 5.41) is 7.31. The van der Waals surface area contributed by atoms with Crippen LogP contribution in [0.3, 0.4) is 0 Å². The summed E-state index contributed by atoms with van der Waals surface area (Å²) >= 11 is 0. The maximum atomic E-state index is 5.80. The Morgan fingerprint density at radius 3 is 3.05 bits per heavy atom. The molecule has 0 spiro atoms. The first-order valence-corrected chi connectivity index (χ1v) is 6.89. The summed E-state index contributed by atoms with van der Waals surface area (Å²) in [6.45, 7) is 4.37. The quantitative estimate of drug-likeness (QED) is 0.915. The third-order valence-electron chi connectivity index (χ3n) is 3.46. The van der Waals surface area contributed by atoms with Gasteiger partial charge in [0, 0.05) is 18.0 Å². The zero-order valence-corrected chi connectivity index (χ0v) is 11.5. The minimum absolute atomic E-state index is 0.286. The smallest absolute Gasteiger partial charge is 0.252 e. The zero-order chi connectivity index (χ0) is 13.8. The average Bonchev–Trinajstić information content (AvgIpc) is 2.95. The van der Waals surface area contributed by atoms with Crippen molar-refractivity contribution in [1.29, 1.82) is 0 Å². The highest BCUT2D eigenvalue weighted by Gasteiger charge is 2.16. The average molecular weight is 274 g/mol. The summed E-state index contributed by atoms with van der Waals surface area (Å²) in [5.74, 6) is 1.11. The Kier molecular flexibility index (Phi) is 4.03. The molecule has 0 unspecified atom stereocenters. The van der Waals surface area contributed by atoms with Crippen molar-refractivity contribution in [3.63, 3.8) is 0 Å². The van der Waals surface area contributed by atoms with Gasteiger partial charge in [-0.1, -0.05) is 5.16 Å². The number of ether oxygens (including phenoxy) is 1. The highest BCUT2D eigenvalue weighted by atomic mass is 16.5. The van der Waals surface area contributed by atoms with E-state index in [9.17, 15) is 0 Å². The monoisotopic (exact) mass is 274 g/mol. The third-order valence-corrected chi connectivity index (χ3v) is 3.46. The Hall–Kier alpha value is -1.79. The van der Waals surface area contributed by atoms with Crippen LogP contribution in [0.15, 0.2) is 23.0 Å². The molecule has 6 nitrogen and oxygen atoms in total. The van der Waals surface area contributed by atoms with Crippen LogP contribution in [-0.2, 0) is 11.3 Å². The highest BCUT2D eigenvalue weighted by molar-refractivity contribution is 5.57. The number of nitrogens with one attached hydrogen (secondary N) is 1. The van der Waals surface area contributed by atoms with E-state index in [2.05, 4.69) is 20.4 Å². The molecule has 6 heteroatoms. The topological polar surface area (TPSA) is 73.1 Å². The molecule has 2 aromatic heterocycles. The van der Waals surface area contributed by atoms with Crippen LogP contribution in [-0.4, -0.2) is 34.3 Å². The van der Waals surface area contributed by atoms with E-state index in [1.807, 2.05) is 13.0 Å². The minimum atomic E-state index is 0.286. The fourth-order valence-electron chi connectivity index (χ4n) is 2.30. The minimum Gasteiger partial charge on any atom is -0.368 e. The fraction of sp³-hybridized carbons (Fsp3) is 0.500. The zero-order valence-electron chi connectivity index (χ0n) is 11.5. The molecule has 1 fully saturated rings. The molecule has 1 aliphatic heterocycles. The predicted molar refractivity (Wildman–Crippen MR) is 72.9 cm³/mol. The number of aromatic nitrogens is 3. The molecule has 3 heterocycles. The van der Waals surface area contributed by atoms with Crippen LogP contribution in [0.4, 0.5) is 0 Å². The Bertz CT molecular complexity index is 564. The van der Waals surface area contributed by atoms with E-state index in [4.69, 9.17) is 9.26 Å². The Morgan fingerprint density at radius 2 is 2.25 bits per heavy atom. The van der Waals surface area contributed by atoms with Gasteiger partial charge >= 0.3 is 0 Å². The lowest BCUT2D eigenvalue weighted by molar-refractivity contribution is 0.00859. The van der Waals surface area contributed by atoms with Gasteiger partial charge in [-0.2, -0.15) is 4.98 Å². The van der Waals surface area contributed by atoms with Crippen molar-refractivity contribution in [2.24, 2.45) is 0 Å². The molecule has 0 amide bonds.